The Balaban J connectivity index is 2.10. The maximum Gasteiger partial charge on any atom is 0.224 e. The molecule has 0 aromatic heterocycles. The average Bonchev–Trinajstić information content (AvgIpc) is 2.52. The number of hydrogen-bond acceptors (Lipinski definition) is 3. The Morgan fingerprint density at radius 3 is 2.23 bits per heavy atom. The lowest BCUT2D eigenvalue weighted by Gasteiger charge is -2.17. The van der Waals surface area contributed by atoms with Gasteiger partial charge in [0.2, 0.25) is 11.8 Å². The summed E-state index contributed by atoms with van der Waals surface area (Å²) < 4.78 is 0. The van der Waals surface area contributed by atoms with E-state index in [1.165, 1.54) is 0 Å². The Labute approximate surface area is 133 Å². The fourth-order valence-corrected chi connectivity index (χ4v) is 2.14. The molecule has 0 fully saturated rings. The topological polar surface area (TPSA) is 61.4 Å². The Morgan fingerprint density at radius 2 is 1.59 bits per heavy atom. The molecule has 0 heterocycles. The maximum atomic E-state index is 11.7. The van der Waals surface area contributed by atoms with E-state index in [-0.39, 0.29) is 11.8 Å². The van der Waals surface area contributed by atoms with Gasteiger partial charge in [-0.25, -0.2) is 0 Å². The average molecular weight is 305 g/mol. The molecule has 0 atom stereocenters. The summed E-state index contributed by atoms with van der Waals surface area (Å²) in [5.41, 5.74) is 0.976. The van der Waals surface area contributed by atoms with Crippen LogP contribution >= 0.6 is 0 Å². The normalized spacial score (nSPS) is 10.5. The molecule has 5 heteroatoms. The van der Waals surface area contributed by atoms with Gasteiger partial charge in [-0.3, -0.25) is 9.59 Å². The lowest BCUT2D eigenvalue weighted by atomic mass is 10.1. The number of benzene rings is 1. The molecule has 0 bridgehead atoms. The molecule has 0 aliphatic rings. The summed E-state index contributed by atoms with van der Waals surface area (Å²) in [5, 5.41) is 5.65. The minimum Gasteiger partial charge on any atom is -0.355 e. The van der Waals surface area contributed by atoms with E-state index in [1.807, 2.05) is 30.3 Å². The van der Waals surface area contributed by atoms with Gasteiger partial charge in [0.15, 0.2) is 0 Å². The molecule has 2 amide bonds. The van der Waals surface area contributed by atoms with E-state index in [0.29, 0.717) is 25.9 Å². The van der Waals surface area contributed by atoms with E-state index >= 15 is 0 Å². The van der Waals surface area contributed by atoms with Crippen LogP contribution in [0.5, 0.6) is 0 Å². The Hall–Kier alpha value is -1.88. The first-order chi connectivity index (χ1) is 10.7. The zero-order chi connectivity index (χ0) is 16.2. The van der Waals surface area contributed by atoms with Crippen molar-refractivity contribution in [3.8, 4) is 0 Å². The second kappa shape index (κ2) is 10.8. The van der Waals surface area contributed by atoms with Crippen molar-refractivity contribution in [1.82, 2.24) is 15.5 Å². The lowest BCUT2D eigenvalue weighted by Crippen LogP contribution is -2.36. The van der Waals surface area contributed by atoms with Gasteiger partial charge in [0.05, 0.1) is 6.42 Å². The van der Waals surface area contributed by atoms with Gasteiger partial charge in [-0.1, -0.05) is 44.2 Å². The van der Waals surface area contributed by atoms with E-state index in [9.17, 15) is 9.59 Å². The summed E-state index contributed by atoms with van der Waals surface area (Å²) in [6.45, 7) is 8.07. The van der Waals surface area contributed by atoms with Crippen molar-refractivity contribution in [3.05, 3.63) is 35.9 Å². The fourth-order valence-electron chi connectivity index (χ4n) is 2.14. The van der Waals surface area contributed by atoms with E-state index in [2.05, 4.69) is 29.4 Å². The number of hydrogen-bond donors (Lipinski definition) is 2. The van der Waals surface area contributed by atoms with Crippen LogP contribution in [0.1, 0.15) is 25.8 Å². The minimum absolute atomic E-state index is 0.0211. The summed E-state index contributed by atoms with van der Waals surface area (Å²) in [5.74, 6) is -0.0747. The molecule has 0 aliphatic heterocycles. The minimum atomic E-state index is -0.0536. The largest absolute Gasteiger partial charge is 0.355 e. The molecular formula is C17H27N3O2. The first-order valence-corrected chi connectivity index (χ1v) is 7.95. The Bertz CT molecular complexity index is 444. The standard InChI is InChI=1S/C17H27N3O2/c1-3-20(4-2)13-12-19-16(21)10-11-18-17(22)14-15-8-6-5-7-9-15/h5-9H,3-4,10-14H2,1-2H3,(H,18,22)(H,19,21). The molecule has 0 saturated carbocycles. The number of nitrogens with one attached hydrogen (secondary N) is 2. The first-order valence-electron chi connectivity index (χ1n) is 7.95. The number of likely N-dealkylation sites (N-methyl/N-ethyl adjacent to an activating group) is 1. The summed E-state index contributed by atoms with van der Waals surface area (Å²) in [4.78, 5) is 25.6. The number of amides is 2. The molecule has 22 heavy (non-hydrogen) atoms. The van der Waals surface area contributed by atoms with Gasteiger partial charge in [-0.05, 0) is 18.7 Å². The number of carbonyl (C=O) groups excluding carboxylic acids is 2. The van der Waals surface area contributed by atoms with Crippen LogP contribution in [0.25, 0.3) is 0 Å². The monoisotopic (exact) mass is 305 g/mol. The molecule has 0 aliphatic carbocycles. The maximum absolute atomic E-state index is 11.7. The second-order valence-corrected chi connectivity index (χ2v) is 5.14. The highest BCUT2D eigenvalue weighted by Gasteiger charge is 2.05. The molecular weight excluding hydrogens is 278 g/mol. The summed E-state index contributed by atoms with van der Waals surface area (Å²) >= 11 is 0. The zero-order valence-electron chi connectivity index (χ0n) is 13.6. The molecule has 1 aromatic carbocycles. The highest BCUT2D eigenvalue weighted by atomic mass is 16.2. The van der Waals surface area contributed by atoms with E-state index in [4.69, 9.17) is 0 Å². The van der Waals surface area contributed by atoms with Crippen LogP contribution in [0.4, 0.5) is 0 Å². The number of carbonyl (C=O) groups is 2. The predicted molar refractivity (Wildman–Crippen MR) is 88.6 cm³/mol. The van der Waals surface area contributed by atoms with Gasteiger partial charge < -0.3 is 15.5 Å². The predicted octanol–water partition coefficient (Wildman–Crippen LogP) is 1.19. The van der Waals surface area contributed by atoms with Crippen molar-refractivity contribution in [2.24, 2.45) is 0 Å². The molecule has 0 saturated heterocycles. The molecule has 1 rings (SSSR count). The molecule has 2 N–H and O–H groups in total. The van der Waals surface area contributed by atoms with Crippen LogP contribution in [0, 0.1) is 0 Å². The van der Waals surface area contributed by atoms with Gasteiger partial charge in [0.25, 0.3) is 0 Å². The van der Waals surface area contributed by atoms with Gasteiger partial charge in [-0.15, -0.1) is 0 Å². The van der Waals surface area contributed by atoms with Crippen molar-refractivity contribution in [3.63, 3.8) is 0 Å². The smallest absolute Gasteiger partial charge is 0.224 e. The van der Waals surface area contributed by atoms with E-state index in [0.717, 1.165) is 25.2 Å². The van der Waals surface area contributed by atoms with Gasteiger partial charge in [-0.2, -0.15) is 0 Å². The molecule has 0 radical (unpaired) electrons. The summed E-state index contributed by atoms with van der Waals surface area (Å²) in [7, 11) is 0. The second-order valence-electron chi connectivity index (χ2n) is 5.14. The highest BCUT2D eigenvalue weighted by Crippen LogP contribution is 1.98. The highest BCUT2D eigenvalue weighted by molar-refractivity contribution is 5.80. The van der Waals surface area contributed by atoms with Crippen molar-refractivity contribution < 1.29 is 9.59 Å². The Kier molecular flexibility index (Phi) is 8.91. The number of nitrogens with zero attached hydrogens (tertiary/aromatic N) is 1. The van der Waals surface area contributed by atoms with E-state index < -0.39 is 0 Å². The van der Waals surface area contributed by atoms with E-state index in [1.54, 1.807) is 0 Å². The molecule has 1 aromatic rings. The van der Waals surface area contributed by atoms with Crippen molar-refractivity contribution >= 4 is 11.8 Å². The third-order valence-corrected chi connectivity index (χ3v) is 3.53. The molecule has 122 valence electrons. The van der Waals surface area contributed by atoms with Gasteiger partial charge in [0, 0.05) is 26.1 Å². The van der Waals surface area contributed by atoms with Crippen LogP contribution in [0.3, 0.4) is 0 Å². The summed E-state index contributed by atoms with van der Waals surface area (Å²) in [6, 6.07) is 9.57. The lowest BCUT2D eigenvalue weighted by molar-refractivity contribution is -0.122. The SMILES string of the molecule is CCN(CC)CCNC(=O)CCNC(=O)Cc1ccccc1. The van der Waals surface area contributed by atoms with Crippen LogP contribution in [0.2, 0.25) is 0 Å². The third kappa shape index (κ3) is 7.78. The van der Waals surface area contributed by atoms with Crippen LogP contribution in [-0.4, -0.2) is 49.4 Å². The Morgan fingerprint density at radius 1 is 0.955 bits per heavy atom. The van der Waals surface area contributed by atoms with Crippen LogP contribution in [0.15, 0.2) is 30.3 Å². The van der Waals surface area contributed by atoms with Crippen LogP contribution < -0.4 is 10.6 Å². The molecule has 0 unspecified atom stereocenters. The number of rotatable bonds is 10. The summed E-state index contributed by atoms with van der Waals surface area (Å²) in [6.07, 6.45) is 0.670. The zero-order valence-corrected chi connectivity index (χ0v) is 13.6. The van der Waals surface area contributed by atoms with Crippen molar-refractivity contribution in [1.29, 1.82) is 0 Å². The van der Waals surface area contributed by atoms with Crippen LogP contribution in [-0.2, 0) is 16.0 Å². The molecule has 5 nitrogen and oxygen atoms in total. The molecule has 0 spiro atoms. The first kappa shape index (κ1) is 18.2. The van der Waals surface area contributed by atoms with Crippen molar-refractivity contribution in [2.45, 2.75) is 26.7 Å². The fraction of sp³-hybridized carbons (Fsp3) is 0.529. The quantitative estimate of drug-likeness (QED) is 0.683. The third-order valence-electron chi connectivity index (χ3n) is 3.53. The van der Waals surface area contributed by atoms with Crippen molar-refractivity contribution in [2.75, 3.05) is 32.7 Å². The van der Waals surface area contributed by atoms with Gasteiger partial charge >= 0.3 is 0 Å². The van der Waals surface area contributed by atoms with Gasteiger partial charge in [0.1, 0.15) is 0 Å².